The van der Waals surface area contributed by atoms with E-state index < -0.39 is 6.10 Å². The lowest BCUT2D eigenvalue weighted by Gasteiger charge is -2.36. The predicted molar refractivity (Wildman–Crippen MR) is 110 cm³/mol. The number of nitrogens with zero attached hydrogens (tertiary/aromatic N) is 2. The molecule has 7 nitrogen and oxygen atoms in total. The van der Waals surface area contributed by atoms with Gasteiger partial charge in [0.15, 0.2) is 11.5 Å². The molecule has 1 fully saturated rings. The normalized spacial score (nSPS) is 20.4. The molecule has 1 amide bonds. The van der Waals surface area contributed by atoms with Gasteiger partial charge in [0.05, 0.1) is 18.5 Å². The van der Waals surface area contributed by atoms with Crippen molar-refractivity contribution < 1.29 is 24.1 Å². The lowest BCUT2D eigenvalue weighted by atomic mass is 10.0. The number of rotatable bonds is 4. The Labute approximate surface area is 173 Å². The Balaban J connectivity index is 1.22. The zero-order valence-electron chi connectivity index (χ0n) is 16.4. The highest BCUT2D eigenvalue weighted by atomic mass is 16.7. The summed E-state index contributed by atoms with van der Waals surface area (Å²) in [5.41, 5.74) is 1.71. The first-order chi connectivity index (χ1) is 14.7. The first kappa shape index (κ1) is 18.7. The number of aromatic nitrogens is 1. The molecule has 3 heterocycles. The molecular formula is C23H22N2O5. The van der Waals surface area contributed by atoms with E-state index in [9.17, 15) is 9.90 Å². The van der Waals surface area contributed by atoms with Gasteiger partial charge in [0.25, 0.3) is 0 Å². The summed E-state index contributed by atoms with van der Waals surface area (Å²) in [6.07, 6.45) is 1.43. The second-order valence-corrected chi connectivity index (χ2v) is 7.54. The molecule has 2 atom stereocenters. The van der Waals surface area contributed by atoms with E-state index in [1.807, 2.05) is 48.5 Å². The number of fused-ring (bicyclic) bond motifs is 2. The van der Waals surface area contributed by atoms with Crippen molar-refractivity contribution >= 4 is 16.8 Å². The summed E-state index contributed by atoms with van der Waals surface area (Å²) in [5, 5.41) is 11.6. The monoisotopic (exact) mass is 406 g/mol. The molecule has 2 aliphatic heterocycles. The number of hydrogen-bond acceptors (Lipinski definition) is 6. The molecule has 1 aromatic heterocycles. The van der Waals surface area contributed by atoms with Crippen molar-refractivity contribution in [3.05, 3.63) is 60.3 Å². The topological polar surface area (TPSA) is 81.1 Å². The Morgan fingerprint density at radius 3 is 2.97 bits per heavy atom. The van der Waals surface area contributed by atoms with Gasteiger partial charge in [-0.05, 0) is 42.0 Å². The van der Waals surface area contributed by atoms with Gasteiger partial charge < -0.3 is 24.2 Å². The van der Waals surface area contributed by atoms with E-state index in [0.29, 0.717) is 30.2 Å². The summed E-state index contributed by atoms with van der Waals surface area (Å²) in [5.74, 6) is 2.03. The van der Waals surface area contributed by atoms with Crippen molar-refractivity contribution in [3.8, 4) is 17.2 Å². The molecular weight excluding hydrogens is 384 g/mol. The minimum absolute atomic E-state index is 0.0271. The van der Waals surface area contributed by atoms with Crippen molar-refractivity contribution in [2.75, 3.05) is 19.9 Å². The Kier molecular flexibility index (Phi) is 4.88. The second-order valence-electron chi connectivity index (χ2n) is 7.54. The Morgan fingerprint density at radius 1 is 1.17 bits per heavy atom. The number of benzene rings is 2. The molecule has 0 unspecified atom stereocenters. The Bertz CT molecular complexity index is 1080. The summed E-state index contributed by atoms with van der Waals surface area (Å²) >= 11 is 0. The van der Waals surface area contributed by atoms with E-state index in [1.165, 1.54) is 0 Å². The zero-order valence-corrected chi connectivity index (χ0v) is 16.4. The van der Waals surface area contributed by atoms with Gasteiger partial charge >= 0.3 is 0 Å². The van der Waals surface area contributed by atoms with Crippen LogP contribution in [0.5, 0.6) is 17.2 Å². The number of likely N-dealkylation sites (tertiary alicyclic amines) is 1. The third kappa shape index (κ3) is 3.64. The number of β-amino-alcohol motifs (C(OH)–C–C–N with tert-alkyl or cyclic N) is 1. The molecule has 1 saturated heterocycles. The number of aliphatic hydroxyl groups is 1. The van der Waals surface area contributed by atoms with Crippen LogP contribution < -0.4 is 14.2 Å². The molecule has 0 aliphatic carbocycles. The van der Waals surface area contributed by atoms with Gasteiger partial charge in [-0.15, -0.1) is 0 Å². The fourth-order valence-corrected chi connectivity index (χ4v) is 3.95. The summed E-state index contributed by atoms with van der Waals surface area (Å²) in [6, 6.07) is 15.0. The molecule has 0 spiro atoms. The van der Waals surface area contributed by atoms with Crippen LogP contribution in [0.1, 0.15) is 12.0 Å². The standard InChI is InChI=1S/C23H22N2O5/c26-18-13-25(23(27)12-15-6-7-21-22(11-15)29-14-28-21)10-8-20(18)30-19-5-1-4-17-16(19)3-2-9-24-17/h1-7,9,11,18,20,26H,8,10,12-14H2/t18-,20-/m1/s1. The molecule has 2 aromatic carbocycles. The van der Waals surface area contributed by atoms with Crippen LogP contribution in [0.2, 0.25) is 0 Å². The van der Waals surface area contributed by atoms with Crippen molar-refractivity contribution in [3.63, 3.8) is 0 Å². The van der Waals surface area contributed by atoms with Gasteiger partial charge in [-0.3, -0.25) is 9.78 Å². The van der Waals surface area contributed by atoms with E-state index in [2.05, 4.69) is 4.98 Å². The molecule has 7 heteroatoms. The fraction of sp³-hybridized carbons (Fsp3) is 0.304. The maximum absolute atomic E-state index is 12.7. The predicted octanol–water partition coefficient (Wildman–Crippen LogP) is 2.55. The zero-order chi connectivity index (χ0) is 20.5. The van der Waals surface area contributed by atoms with Crippen molar-refractivity contribution in [2.45, 2.75) is 25.0 Å². The van der Waals surface area contributed by atoms with E-state index >= 15 is 0 Å². The first-order valence-corrected chi connectivity index (χ1v) is 10.0. The van der Waals surface area contributed by atoms with Crippen molar-refractivity contribution in [1.82, 2.24) is 9.88 Å². The molecule has 30 heavy (non-hydrogen) atoms. The lowest BCUT2D eigenvalue weighted by Crippen LogP contribution is -2.51. The van der Waals surface area contributed by atoms with Gasteiger partial charge in [-0.2, -0.15) is 0 Å². The van der Waals surface area contributed by atoms with Crippen LogP contribution >= 0.6 is 0 Å². The van der Waals surface area contributed by atoms with Crippen molar-refractivity contribution in [2.24, 2.45) is 0 Å². The highest BCUT2D eigenvalue weighted by Gasteiger charge is 2.32. The van der Waals surface area contributed by atoms with Gasteiger partial charge in [0.2, 0.25) is 12.7 Å². The number of carbonyl (C=O) groups excluding carboxylic acids is 1. The average Bonchev–Trinajstić information content (AvgIpc) is 3.23. The highest BCUT2D eigenvalue weighted by Crippen LogP contribution is 2.33. The summed E-state index contributed by atoms with van der Waals surface area (Å²) in [6.45, 7) is 0.990. The van der Waals surface area contributed by atoms with Gasteiger partial charge in [0.1, 0.15) is 18.0 Å². The molecule has 0 saturated carbocycles. The molecule has 0 radical (unpaired) electrons. The molecule has 3 aromatic rings. The van der Waals surface area contributed by atoms with Gasteiger partial charge in [-0.1, -0.05) is 12.1 Å². The van der Waals surface area contributed by atoms with Gasteiger partial charge in [0, 0.05) is 24.5 Å². The third-order valence-corrected chi connectivity index (χ3v) is 5.55. The maximum atomic E-state index is 12.7. The van der Waals surface area contributed by atoms with E-state index in [4.69, 9.17) is 14.2 Å². The number of pyridine rings is 1. The minimum Gasteiger partial charge on any atom is -0.487 e. The summed E-state index contributed by atoms with van der Waals surface area (Å²) < 4.78 is 16.8. The minimum atomic E-state index is -0.758. The van der Waals surface area contributed by atoms with Crippen LogP contribution in [-0.2, 0) is 11.2 Å². The van der Waals surface area contributed by atoms with Crippen LogP contribution in [-0.4, -0.2) is 53.0 Å². The second kappa shape index (κ2) is 7.84. The third-order valence-electron chi connectivity index (χ3n) is 5.55. The van der Waals surface area contributed by atoms with Crippen LogP contribution in [0, 0.1) is 0 Å². The van der Waals surface area contributed by atoms with Crippen LogP contribution in [0.4, 0.5) is 0 Å². The van der Waals surface area contributed by atoms with Gasteiger partial charge in [-0.25, -0.2) is 0 Å². The van der Waals surface area contributed by atoms with E-state index in [-0.39, 0.29) is 31.8 Å². The van der Waals surface area contributed by atoms with Crippen LogP contribution in [0.25, 0.3) is 10.9 Å². The lowest BCUT2D eigenvalue weighted by molar-refractivity contribution is -0.136. The fourth-order valence-electron chi connectivity index (χ4n) is 3.95. The first-order valence-electron chi connectivity index (χ1n) is 10.0. The Hall–Kier alpha value is -3.32. The quantitative estimate of drug-likeness (QED) is 0.717. The largest absolute Gasteiger partial charge is 0.487 e. The summed E-state index contributed by atoms with van der Waals surface area (Å²) in [7, 11) is 0. The molecule has 5 rings (SSSR count). The molecule has 154 valence electrons. The number of piperidine rings is 1. The van der Waals surface area contributed by atoms with E-state index in [1.54, 1.807) is 11.1 Å². The summed E-state index contributed by atoms with van der Waals surface area (Å²) in [4.78, 5) is 18.8. The maximum Gasteiger partial charge on any atom is 0.231 e. The number of carbonyl (C=O) groups is 1. The van der Waals surface area contributed by atoms with Crippen molar-refractivity contribution in [1.29, 1.82) is 0 Å². The average molecular weight is 406 g/mol. The number of aliphatic hydroxyl groups excluding tert-OH is 1. The molecule has 0 bridgehead atoms. The number of hydrogen-bond donors (Lipinski definition) is 1. The number of amides is 1. The number of ether oxygens (including phenoxy) is 3. The molecule has 2 aliphatic rings. The SMILES string of the molecule is O=C(Cc1ccc2c(c1)OCO2)N1CC[C@@H](Oc2cccc3ncccc23)[C@H](O)C1. The highest BCUT2D eigenvalue weighted by molar-refractivity contribution is 5.84. The smallest absolute Gasteiger partial charge is 0.231 e. The van der Waals surface area contributed by atoms with E-state index in [0.717, 1.165) is 16.5 Å². The van der Waals surface area contributed by atoms with Crippen LogP contribution in [0.15, 0.2) is 54.7 Å². The van der Waals surface area contributed by atoms with Crippen LogP contribution in [0.3, 0.4) is 0 Å². The molecule has 1 N–H and O–H groups in total. The Morgan fingerprint density at radius 2 is 2.07 bits per heavy atom.